The van der Waals surface area contributed by atoms with Gasteiger partial charge in [0.25, 0.3) is 5.91 Å². The van der Waals surface area contributed by atoms with Crippen molar-refractivity contribution in [1.82, 2.24) is 10.6 Å². The van der Waals surface area contributed by atoms with Crippen molar-refractivity contribution in [2.45, 2.75) is 44.0 Å². The standard InChI is InChI=1S/C33H33F6N3O6/c1-2-3-17-47-26-12-8-7-11-25(26)28(44)42-24-15-13-22(14-16-24)18-27(43)48-21-31(23-9-5-4-6-10-23,29(45)40-19-32(34,35)36)30(46)41-20-33(37,38)39/h4-16H,2-3,17-21H2,1H3,(H,40,45)(H,41,46)(H,42,44). The second-order valence-corrected chi connectivity index (χ2v) is 10.6. The van der Waals surface area contributed by atoms with Gasteiger partial charge in [0.1, 0.15) is 25.4 Å². The van der Waals surface area contributed by atoms with E-state index >= 15 is 0 Å². The highest BCUT2D eigenvalue weighted by atomic mass is 19.4. The zero-order valence-corrected chi connectivity index (χ0v) is 25.7. The van der Waals surface area contributed by atoms with Crippen LogP contribution in [0, 0.1) is 0 Å². The number of benzene rings is 3. The van der Waals surface area contributed by atoms with Crippen molar-refractivity contribution in [3.05, 3.63) is 95.6 Å². The van der Waals surface area contributed by atoms with Crippen LogP contribution in [0.25, 0.3) is 0 Å². The second kappa shape index (κ2) is 16.7. The van der Waals surface area contributed by atoms with Gasteiger partial charge in [-0.25, -0.2) is 0 Å². The fraction of sp³-hybridized carbons (Fsp3) is 0.333. The molecule has 0 aliphatic rings. The van der Waals surface area contributed by atoms with Gasteiger partial charge in [-0.05, 0) is 41.8 Å². The summed E-state index contributed by atoms with van der Waals surface area (Å²) in [5.74, 6) is -4.34. The molecule has 0 aliphatic carbocycles. The molecule has 3 aromatic carbocycles. The number of esters is 1. The van der Waals surface area contributed by atoms with E-state index in [1.807, 2.05) is 6.92 Å². The van der Waals surface area contributed by atoms with Gasteiger partial charge < -0.3 is 25.4 Å². The van der Waals surface area contributed by atoms with Crippen LogP contribution in [0.4, 0.5) is 32.0 Å². The number of carbonyl (C=O) groups is 4. The molecule has 0 bridgehead atoms. The molecule has 0 heterocycles. The molecule has 15 heteroatoms. The first-order valence-corrected chi connectivity index (χ1v) is 14.7. The lowest BCUT2D eigenvalue weighted by Crippen LogP contribution is -2.59. The number of carbonyl (C=O) groups excluding carboxylic acids is 4. The third-order valence-electron chi connectivity index (χ3n) is 6.84. The van der Waals surface area contributed by atoms with Crippen LogP contribution in [-0.4, -0.2) is 62.3 Å². The maximum absolute atomic E-state index is 13.2. The number of anilines is 1. The van der Waals surface area contributed by atoms with E-state index in [-0.39, 0.29) is 5.56 Å². The SMILES string of the molecule is CCCCOc1ccccc1C(=O)Nc1ccc(CC(=O)OCC(C(=O)NCC(F)(F)F)(C(=O)NCC(F)(F)F)c2ccccc2)cc1. The van der Waals surface area contributed by atoms with E-state index in [9.17, 15) is 45.5 Å². The van der Waals surface area contributed by atoms with Gasteiger partial charge >= 0.3 is 18.3 Å². The zero-order chi connectivity index (χ0) is 35.4. The van der Waals surface area contributed by atoms with Crippen LogP contribution in [0.1, 0.15) is 41.3 Å². The summed E-state index contributed by atoms with van der Waals surface area (Å²) in [6.07, 6.45) is -8.58. The molecule has 258 valence electrons. The molecule has 0 unspecified atom stereocenters. The summed E-state index contributed by atoms with van der Waals surface area (Å²) in [5.41, 5.74) is -2.10. The van der Waals surface area contributed by atoms with E-state index in [0.717, 1.165) is 25.0 Å². The molecule has 0 atom stereocenters. The molecule has 3 N–H and O–H groups in total. The van der Waals surface area contributed by atoms with E-state index in [0.29, 0.717) is 29.2 Å². The predicted molar refractivity (Wildman–Crippen MR) is 162 cm³/mol. The summed E-state index contributed by atoms with van der Waals surface area (Å²) in [6.45, 7) is -2.57. The topological polar surface area (TPSA) is 123 Å². The number of halogens is 6. The van der Waals surface area contributed by atoms with Crippen molar-refractivity contribution in [2.75, 3.05) is 31.6 Å². The van der Waals surface area contributed by atoms with Gasteiger partial charge in [0.05, 0.1) is 18.6 Å². The minimum atomic E-state index is -4.92. The fourth-order valence-electron chi connectivity index (χ4n) is 4.38. The Hall–Kier alpha value is -5.08. The van der Waals surface area contributed by atoms with Gasteiger partial charge in [-0.3, -0.25) is 19.2 Å². The molecular formula is C33H33F6N3O6. The third-order valence-corrected chi connectivity index (χ3v) is 6.84. The van der Waals surface area contributed by atoms with Crippen molar-refractivity contribution >= 4 is 29.4 Å². The Balaban J connectivity index is 1.76. The van der Waals surface area contributed by atoms with Crippen LogP contribution in [0.5, 0.6) is 5.75 Å². The van der Waals surface area contributed by atoms with Crippen LogP contribution in [0.3, 0.4) is 0 Å². The molecule has 0 spiro atoms. The quantitative estimate of drug-likeness (QED) is 0.0844. The van der Waals surface area contributed by atoms with Crippen molar-refractivity contribution in [2.24, 2.45) is 0 Å². The van der Waals surface area contributed by atoms with Crippen LogP contribution < -0.4 is 20.7 Å². The van der Waals surface area contributed by atoms with Crippen LogP contribution in [-0.2, 0) is 31.0 Å². The Labute approximate surface area is 272 Å². The molecule has 0 saturated carbocycles. The monoisotopic (exact) mass is 681 g/mol. The minimum absolute atomic E-state index is 0.307. The van der Waals surface area contributed by atoms with Gasteiger partial charge in [0.15, 0.2) is 5.41 Å². The predicted octanol–water partition coefficient (Wildman–Crippen LogP) is 5.50. The highest BCUT2D eigenvalue weighted by molar-refractivity contribution is 6.11. The fourth-order valence-corrected chi connectivity index (χ4v) is 4.38. The van der Waals surface area contributed by atoms with Crippen molar-refractivity contribution in [3.8, 4) is 5.75 Å². The highest BCUT2D eigenvalue weighted by Gasteiger charge is 2.50. The normalized spacial score (nSPS) is 11.7. The number of alkyl halides is 6. The zero-order valence-electron chi connectivity index (χ0n) is 25.7. The maximum atomic E-state index is 13.2. The molecule has 0 saturated heterocycles. The van der Waals surface area contributed by atoms with Crippen LogP contribution >= 0.6 is 0 Å². The average molecular weight is 682 g/mol. The maximum Gasteiger partial charge on any atom is 0.405 e. The van der Waals surface area contributed by atoms with E-state index in [4.69, 9.17) is 9.47 Å². The van der Waals surface area contributed by atoms with Crippen molar-refractivity contribution in [3.63, 3.8) is 0 Å². The Morgan fingerprint density at radius 2 is 1.29 bits per heavy atom. The molecule has 0 fully saturated rings. The number of rotatable bonds is 15. The average Bonchev–Trinajstić information content (AvgIpc) is 3.04. The summed E-state index contributed by atoms with van der Waals surface area (Å²) >= 11 is 0. The van der Waals surface area contributed by atoms with Crippen LogP contribution in [0.15, 0.2) is 78.9 Å². The number of amides is 3. The lowest BCUT2D eigenvalue weighted by atomic mass is 9.79. The molecule has 3 aromatic rings. The van der Waals surface area contributed by atoms with Crippen LogP contribution in [0.2, 0.25) is 0 Å². The Kier molecular flexibility index (Phi) is 13.0. The van der Waals surface area contributed by atoms with Gasteiger partial charge in [-0.2, -0.15) is 26.3 Å². The summed E-state index contributed by atoms with van der Waals surface area (Å²) in [6, 6.07) is 18.9. The minimum Gasteiger partial charge on any atom is -0.493 e. The summed E-state index contributed by atoms with van der Waals surface area (Å²) in [5, 5.41) is 5.77. The molecule has 9 nitrogen and oxygen atoms in total. The Morgan fingerprint density at radius 3 is 1.85 bits per heavy atom. The van der Waals surface area contributed by atoms with Gasteiger partial charge in [-0.1, -0.05) is 67.9 Å². The van der Waals surface area contributed by atoms with Gasteiger partial charge in [-0.15, -0.1) is 0 Å². The van der Waals surface area contributed by atoms with E-state index in [1.165, 1.54) is 53.1 Å². The number of hydrogen-bond acceptors (Lipinski definition) is 6. The molecule has 48 heavy (non-hydrogen) atoms. The Bertz CT molecular complexity index is 1520. The summed E-state index contributed by atoms with van der Waals surface area (Å²) < 4.78 is 88.6. The smallest absolute Gasteiger partial charge is 0.405 e. The van der Waals surface area contributed by atoms with Crippen molar-refractivity contribution in [1.29, 1.82) is 0 Å². The third kappa shape index (κ3) is 11.0. The molecule has 0 aromatic heterocycles. The molecule has 0 radical (unpaired) electrons. The molecular weight excluding hydrogens is 648 g/mol. The molecule has 0 aliphatic heterocycles. The van der Waals surface area contributed by atoms with Crippen molar-refractivity contribution < 1.29 is 55.0 Å². The molecule has 3 rings (SSSR count). The van der Waals surface area contributed by atoms with E-state index in [1.54, 1.807) is 24.3 Å². The summed E-state index contributed by atoms with van der Waals surface area (Å²) in [4.78, 5) is 52.1. The van der Waals surface area contributed by atoms with Gasteiger partial charge in [0.2, 0.25) is 11.8 Å². The summed E-state index contributed by atoms with van der Waals surface area (Å²) in [7, 11) is 0. The van der Waals surface area contributed by atoms with E-state index in [2.05, 4.69) is 5.32 Å². The number of unbranched alkanes of at least 4 members (excludes halogenated alkanes) is 1. The largest absolute Gasteiger partial charge is 0.493 e. The lowest BCUT2D eigenvalue weighted by Gasteiger charge is -2.31. The second-order valence-electron chi connectivity index (χ2n) is 10.6. The van der Waals surface area contributed by atoms with E-state index < -0.39 is 67.6 Å². The highest BCUT2D eigenvalue weighted by Crippen LogP contribution is 2.28. The first kappa shape index (κ1) is 37.4. The number of hydrogen-bond donors (Lipinski definition) is 3. The number of ether oxygens (including phenoxy) is 2. The molecule has 3 amide bonds. The first-order chi connectivity index (χ1) is 22.6. The first-order valence-electron chi connectivity index (χ1n) is 14.7. The Morgan fingerprint density at radius 1 is 0.729 bits per heavy atom. The lowest BCUT2D eigenvalue weighted by molar-refractivity contribution is -0.157. The number of para-hydroxylation sites is 1. The van der Waals surface area contributed by atoms with Gasteiger partial charge in [0, 0.05) is 5.69 Å². The number of nitrogens with one attached hydrogen (secondary N) is 3.